The molecule has 0 radical (unpaired) electrons. The molecule has 2 atom stereocenters. The van der Waals surface area contributed by atoms with Gasteiger partial charge in [0, 0.05) is 6.61 Å². The van der Waals surface area contributed by atoms with Crippen LogP contribution in [0.3, 0.4) is 0 Å². The minimum Gasteiger partial charge on any atom is -0.481 e. The average Bonchev–Trinajstić information content (AvgIpc) is 2.53. The summed E-state index contributed by atoms with van der Waals surface area (Å²) in [6.45, 7) is 0.826. The van der Waals surface area contributed by atoms with Crippen LogP contribution in [0, 0.1) is 5.92 Å². The number of carboxylic acid groups (broad SMARTS) is 1. The van der Waals surface area contributed by atoms with Crippen molar-refractivity contribution in [1.29, 1.82) is 0 Å². The molecule has 1 saturated heterocycles. The molecule has 1 spiro atoms. The van der Waals surface area contributed by atoms with E-state index in [1.54, 1.807) is 0 Å². The zero-order chi connectivity index (χ0) is 9.31. The molecule has 0 aromatic carbocycles. The molecule has 0 amide bonds. The molecule has 2 rings (SSSR count). The van der Waals surface area contributed by atoms with Crippen LogP contribution in [0.2, 0.25) is 0 Å². The van der Waals surface area contributed by atoms with E-state index in [-0.39, 0.29) is 11.5 Å². The van der Waals surface area contributed by atoms with Gasteiger partial charge in [-0.2, -0.15) is 0 Å². The summed E-state index contributed by atoms with van der Waals surface area (Å²) in [4.78, 5) is 10.8. The van der Waals surface area contributed by atoms with E-state index in [2.05, 4.69) is 0 Å². The minimum atomic E-state index is -0.644. The Labute approximate surface area is 78.1 Å². The van der Waals surface area contributed by atoms with Crippen LogP contribution in [-0.2, 0) is 9.53 Å². The Balaban J connectivity index is 2.02. The first-order valence-corrected chi connectivity index (χ1v) is 5.09. The summed E-state index contributed by atoms with van der Waals surface area (Å²) >= 11 is 0. The molecule has 2 aliphatic rings. The van der Waals surface area contributed by atoms with E-state index in [1.165, 1.54) is 0 Å². The molecule has 2 unspecified atom stereocenters. The molecule has 1 aliphatic carbocycles. The molecular weight excluding hydrogens is 168 g/mol. The lowest BCUT2D eigenvalue weighted by Gasteiger charge is -2.35. The Kier molecular flexibility index (Phi) is 2.28. The fraction of sp³-hybridized carbons (Fsp3) is 0.900. The van der Waals surface area contributed by atoms with Crippen molar-refractivity contribution in [3.05, 3.63) is 0 Å². The third-order valence-corrected chi connectivity index (χ3v) is 3.34. The number of carbonyl (C=O) groups is 1. The number of rotatable bonds is 1. The van der Waals surface area contributed by atoms with Crippen molar-refractivity contribution in [2.24, 2.45) is 5.92 Å². The Hall–Kier alpha value is -0.570. The molecule has 0 aromatic rings. The smallest absolute Gasteiger partial charge is 0.306 e. The molecule has 2 fully saturated rings. The lowest BCUT2D eigenvalue weighted by molar-refractivity contribution is -0.147. The molecule has 0 aromatic heterocycles. The van der Waals surface area contributed by atoms with E-state index in [0.717, 1.165) is 45.1 Å². The van der Waals surface area contributed by atoms with Gasteiger partial charge in [-0.1, -0.05) is 0 Å². The quantitative estimate of drug-likeness (QED) is 0.676. The van der Waals surface area contributed by atoms with Gasteiger partial charge >= 0.3 is 5.97 Å². The maximum atomic E-state index is 10.8. The van der Waals surface area contributed by atoms with Crippen LogP contribution in [0.15, 0.2) is 0 Å². The summed E-state index contributed by atoms with van der Waals surface area (Å²) in [6, 6.07) is 0. The summed E-state index contributed by atoms with van der Waals surface area (Å²) in [5.74, 6) is -0.804. The summed E-state index contributed by atoms with van der Waals surface area (Å²) < 4.78 is 5.70. The molecule has 1 heterocycles. The number of aliphatic carboxylic acids is 1. The highest BCUT2D eigenvalue weighted by molar-refractivity contribution is 5.70. The number of hydrogen-bond acceptors (Lipinski definition) is 2. The van der Waals surface area contributed by atoms with Crippen molar-refractivity contribution in [2.45, 2.75) is 44.1 Å². The molecule has 1 saturated carbocycles. The standard InChI is InChI=1S/C10H16O3/c11-9(12)8-3-1-4-10(7-8)5-2-6-13-10/h8H,1-7H2,(H,11,12). The van der Waals surface area contributed by atoms with Crippen LogP contribution in [-0.4, -0.2) is 23.3 Å². The van der Waals surface area contributed by atoms with E-state index < -0.39 is 5.97 Å². The Morgan fingerprint density at radius 1 is 1.38 bits per heavy atom. The first-order valence-electron chi connectivity index (χ1n) is 5.09. The molecule has 3 heteroatoms. The van der Waals surface area contributed by atoms with Gasteiger partial charge in [-0.15, -0.1) is 0 Å². The first-order chi connectivity index (χ1) is 6.22. The van der Waals surface area contributed by atoms with Crippen molar-refractivity contribution >= 4 is 5.97 Å². The normalized spacial score (nSPS) is 39.5. The number of carboxylic acids is 1. The molecule has 0 bridgehead atoms. The maximum Gasteiger partial charge on any atom is 0.306 e. The Morgan fingerprint density at radius 2 is 2.15 bits per heavy atom. The Bertz CT molecular complexity index is 206. The zero-order valence-corrected chi connectivity index (χ0v) is 7.79. The summed E-state index contributed by atoms with van der Waals surface area (Å²) in [6.07, 6.45) is 5.82. The molecule has 3 nitrogen and oxygen atoms in total. The highest BCUT2D eigenvalue weighted by Gasteiger charge is 2.41. The van der Waals surface area contributed by atoms with Crippen LogP contribution in [0.25, 0.3) is 0 Å². The molecule has 1 aliphatic heterocycles. The van der Waals surface area contributed by atoms with Crippen LogP contribution in [0.5, 0.6) is 0 Å². The van der Waals surface area contributed by atoms with Gasteiger partial charge in [-0.25, -0.2) is 0 Å². The lowest BCUT2D eigenvalue weighted by Crippen LogP contribution is -2.37. The van der Waals surface area contributed by atoms with Crippen LogP contribution < -0.4 is 0 Å². The molecule has 74 valence electrons. The summed E-state index contributed by atoms with van der Waals surface area (Å²) in [7, 11) is 0. The predicted octanol–water partition coefficient (Wildman–Crippen LogP) is 1.81. The maximum absolute atomic E-state index is 10.8. The van der Waals surface area contributed by atoms with E-state index in [1.807, 2.05) is 0 Å². The van der Waals surface area contributed by atoms with Crippen LogP contribution >= 0.6 is 0 Å². The van der Waals surface area contributed by atoms with Crippen molar-refractivity contribution in [1.82, 2.24) is 0 Å². The SMILES string of the molecule is O=C(O)C1CCCC2(CCCO2)C1. The van der Waals surface area contributed by atoms with Gasteiger partial charge in [0.1, 0.15) is 0 Å². The monoisotopic (exact) mass is 184 g/mol. The van der Waals surface area contributed by atoms with Gasteiger partial charge in [-0.05, 0) is 38.5 Å². The highest BCUT2D eigenvalue weighted by atomic mass is 16.5. The van der Waals surface area contributed by atoms with Gasteiger partial charge < -0.3 is 9.84 Å². The van der Waals surface area contributed by atoms with Crippen molar-refractivity contribution in [3.8, 4) is 0 Å². The van der Waals surface area contributed by atoms with Gasteiger partial charge in [0.05, 0.1) is 11.5 Å². The lowest BCUT2D eigenvalue weighted by atomic mass is 9.77. The van der Waals surface area contributed by atoms with Crippen molar-refractivity contribution < 1.29 is 14.6 Å². The fourth-order valence-electron chi connectivity index (χ4n) is 2.65. The van der Waals surface area contributed by atoms with Gasteiger partial charge in [0.2, 0.25) is 0 Å². The van der Waals surface area contributed by atoms with Gasteiger partial charge in [0.25, 0.3) is 0 Å². The van der Waals surface area contributed by atoms with Crippen molar-refractivity contribution in [3.63, 3.8) is 0 Å². The molecular formula is C10H16O3. The minimum absolute atomic E-state index is 0.0543. The van der Waals surface area contributed by atoms with Crippen LogP contribution in [0.4, 0.5) is 0 Å². The second kappa shape index (κ2) is 3.29. The third kappa shape index (κ3) is 1.70. The largest absolute Gasteiger partial charge is 0.481 e. The fourth-order valence-corrected chi connectivity index (χ4v) is 2.65. The molecule has 1 N–H and O–H groups in total. The number of hydrogen-bond donors (Lipinski definition) is 1. The van der Waals surface area contributed by atoms with E-state index in [0.29, 0.717) is 0 Å². The Morgan fingerprint density at radius 3 is 2.77 bits per heavy atom. The topological polar surface area (TPSA) is 46.5 Å². The second-order valence-electron chi connectivity index (χ2n) is 4.27. The molecule has 13 heavy (non-hydrogen) atoms. The third-order valence-electron chi connectivity index (χ3n) is 3.34. The van der Waals surface area contributed by atoms with Gasteiger partial charge in [0.15, 0.2) is 0 Å². The summed E-state index contributed by atoms with van der Waals surface area (Å²) in [5, 5.41) is 8.93. The van der Waals surface area contributed by atoms with E-state index in [4.69, 9.17) is 9.84 Å². The highest BCUT2D eigenvalue weighted by Crippen LogP contribution is 2.41. The van der Waals surface area contributed by atoms with E-state index >= 15 is 0 Å². The zero-order valence-electron chi connectivity index (χ0n) is 7.79. The first kappa shape index (κ1) is 9.00. The average molecular weight is 184 g/mol. The van der Waals surface area contributed by atoms with Crippen molar-refractivity contribution in [2.75, 3.05) is 6.61 Å². The second-order valence-corrected chi connectivity index (χ2v) is 4.27. The predicted molar refractivity (Wildman–Crippen MR) is 47.5 cm³/mol. The number of ether oxygens (including phenoxy) is 1. The van der Waals surface area contributed by atoms with E-state index in [9.17, 15) is 4.79 Å². The van der Waals surface area contributed by atoms with Crippen LogP contribution in [0.1, 0.15) is 38.5 Å². The van der Waals surface area contributed by atoms with Gasteiger partial charge in [-0.3, -0.25) is 4.79 Å². The summed E-state index contributed by atoms with van der Waals surface area (Å²) in [5.41, 5.74) is -0.0543.